The van der Waals surface area contributed by atoms with Crippen molar-refractivity contribution in [3.05, 3.63) is 48.8 Å². The third kappa shape index (κ3) is 5.42. The van der Waals surface area contributed by atoms with Crippen LogP contribution < -0.4 is 24.8 Å². The predicted molar refractivity (Wildman–Crippen MR) is 120 cm³/mol. The molecule has 0 radical (unpaired) electrons. The van der Waals surface area contributed by atoms with Crippen LogP contribution in [0.2, 0.25) is 0 Å². The van der Waals surface area contributed by atoms with Crippen LogP contribution in [0.4, 0.5) is 17.2 Å². The van der Waals surface area contributed by atoms with Crippen molar-refractivity contribution >= 4 is 23.1 Å². The third-order valence-corrected chi connectivity index (χ3v) is 4.49. The van der Waals surface area contributed by atoms with Gasteiger partial charge in [-0.05, 0) is 18.6 Å². The van der Waals surface area contributed by atoms with E-state index < -0.39 is 0 Å². The SMILES string of the molecule is CCCC(=O)Nc1cccc(-c2cncc(Nc3cc(OC)c(OC)c(OC)c3)n2)c1. The predicted octanol–water partition coefficient (Wildman–Crippen LogP) is 4.65. The number of carbonyl (C=O) groups is 1. The van der Waals surface area contributed by atoms with Gasteiger partial charge in [0, 0.05) is 35.5 Å². The minimum absolute atomic E-state index is 0.0106. The van der Waals surface area contributed by atoms with E-state index in [0.717, 1.165) is 17.7 Å². The van der Waals surface area contributed by atoms with Gasteiger partial charge in [0.05, 0.1) is 39.4 Å². The van der Waals surface area contributed by atoms with Crippen molar-refractivity contribution in [2.45, 2.75) is 19.8 Å². The molecule has 0 bridgehead atoms. The van der Waals surface area contributed by atoms with Gasteiger partial charge in [-0.15, -0.1) is 0 Å². The number of rotatable bonds is 9. The van der Waals surface area contributed by atoms with Crippen LogP contribution in [-0.2, 0) is 4.79 Å². The summed E-state index contributed by atoms with van der Waals surface area (Å²) < 4.78 is 16.2. The van der Waals surface area contributed by atoms with E-state index in [9.17, 15) is 4.79 Å². The van der Waals surface area contributed by atoms with Gasteiger partial charge in [-0.3, -0.25) is 9.78 Å². The molecule has 0 aliphatic carbocycles. The second kappa shape index (κ2) is 10.3. The lowest BCUT2D eigenvalue weighted by Crippen LogP contribution is -2.10. The van der Waals surface area contributed by atoms with E-state index in [4.69, 9.17) is 14.2 Å². The maximum Gasteiger partial charge on any atom is 0.224 e. The van der Waals surface area contributed by atoms with Gasteiger partial charge in [0.1, 0.15) is 5.82 Å². The molecule has 0 aliphatic rings. The molecule has 2 aromatic carbocycles. The average Bonchev–Trinajstić information content (AvgIpc) is 2.78. The highest BCUT2D eigenvalue weighted by Gasteiger charge is 2.14. The van der Waals surface area contributed by atoms with Crippen LogP contribution in [0.1, 0.15) is 19.8 Å². The van der Waals surface area contributed by atoms with E-state index in [1.165, 1.54) is 0 Å². The number of nitrogens with one attached hydrogen (secondary N) is 2. The van der Waals surface area contributed by atoms with E-state index in [2.05, 4.69) is 20.6 Å². The van der Waals surface area contributed by atoms with Crippen LogP contribution in [-0.4, -0.2) is 37.2 Å². The molecule has 0 saturated carbocycles. The van der Waals surface area contributed by atoms with Crippen molar-refractivity contribution in [2.75, 3.05) is 32.0 Å². The summed E-state index contributed by atoms with van der Waals surface area (Å²) in [6, 6.07) is 11.1. The molecule has 0 unspecified atom stereocenters. The Hall–Kier alpha value is -3.81. The molecule has 3 rings (SSSR count). The Morgan fingerprint density at radius 2 is 1.71 bits per heavy atom. The van der Waals surface area contributed by atoms with Gasteiger partial charge in [0.25, 0.3) is 0 Å². The van der Waals surface area contributed by atoms with Crippen molar-refractivity contribution in [3.63, 3.8) is 0 Å². The van der Waals surface area contributed by atoms with Crippen LogP contribution in [0.5, 0.6) is 17.2 Å². The topological polar surface area (TPSA) is 94.6 Å². The number of benzene rings is 2. The molecule has 162 valence electrons. The monoisotopic (exact) mass is 422 g/mol. The molecule has 1 aromatic heterocycles. The fourth-order valence-corrected chi connectivity index (χ4v) is 3.07. The molecular weight excluding hydrogens is 396 g/mol. The molecule has 0 spiro atoms. The lowest BCUT2D eigenvalue weighted by molar-refractivity contribution is -0.116. The fourth-order valence-electron chi connectivity index (χ4n) is 3.07. The summed E-state index contributed by atoms with van der Waals surface area (Å²) in [5.41, 5.74) is 2.95. The number of amides is 1. The van der Waals surface area contributed by atoms with Crippen molar-refractivity contribution in [2.24, 2.45) is 0 Å². The minimum Gasteiger partial charge on any atom is -0.493 e. The summed E-state index contributed by atoms with van der Waals surface area (Å²) in [6.45, 7) is 1.97. The van der Waals surface area contributed by atoms with Gasteiger partial charge in [-0.1, -0.05) is 19.1 Å². The number of hydrogen-bond donors (Lipinski definition) is 2. The molecule has 0 saturated heterocycles. The van der Waals surface area contributed by atoms with Gasteiger partial charge in [0.15, 0.2) is 11.5 Å². The minimum atomic E-state index is -0.0106. The Balaban J connectivity index is 1.85. The first kappa shape index (κ1) is 21.9. The van der Waals surface area contributed by atoms with Gasteiger partial charge in [0.2, 0.25) is 11.7 Å². The fraction of sp³-hybridized carbons (Fsp3) is 0.261. The zero-order valence-electron chi connectivity index (χ0n) is 18.1. The first-order valence-electron chi connectivity index (χ1n) is 9.87. The van der Waals surface area contributed by atoms with E-state index >= 15 is 0 Å². The first-order chi connectivity index (χ1) is 15.1. The molecule has 0 fully saturated rings. The summed E-state index contributed by atoms with van der Waals surface area (Å²) in [6.07, 6.45) is 4.58. The molecule has 8 nitrogen and oxygen atoms in total. The lowest BCUT2D eigenvalue weighted by atomic mass is 10.1. The third-order valence-electron chi connectivity index (χ3n) is 4.49. The Kier molecular flexibility index (Phi) is 7.26. The van der Waals surface area contributed by atoms with E-state index in [1.807, 2.05) is 31.2 Å². The zero-order valence-corrected chi connectivity index (χ0v) is 18.1. The highest BCUT2D eigenvalue weighted by atomic mass is 16.5. The maximum absolute atomic E-state index is 11.9. The summed E-state index contributed by atoms with van der Waals surface area (Å²) in [7, 11) is 4.68. The number of methoxy groups -OCH3 is 3. The number of hydrogen-bond acceptors (Lipinski definition) is 7. The van der Waals surface area contributed by atoms with Gasteiger partial charge in [-0.2, -0.15) is 0 Å². The zero-order chi connectivity index (χ0) is 22.2. The number of anilines is 3. The van der Waals surface area contributed by atoms with Crippen LogP contribution in [0.15, 0.2) is 48.8 Å². The van der Waals surface area contributed by atoms with Gasteiger partial charge >= 0.3 is 0 Å². The molecule has 8 heteroatoms. The molecule has 1 amide bonds. The lowest BCUT2D eigenvalue weighted by Gasteiger charge is -2.15. The van der Waals surface area contributed by atoms with Crippen molar-refractivity contribution < 1.29 is 19.0 Å². The van der Waals surface area contributed by atoms with Gasteiger partial charge in [-0.25, -0.2) is 4.98 Å². The summed E-state index contributed by atoms with van der Waals surface area (Å²) in [5.74, 6) is 2.11. The van der Waals surface area contributed by atoms with E-state index in [0.29, 0.717) is 40.9 Å². The average molecular weight is 422 g/mol. The second-order valence-electron chi connectivity index (χ2n) is 6.71. The standard InChI is InChI=1S/C23H26N4O4/c1-5-7-22(28)26-16-9-6-8-15(10-16)18-13-24-14-21(27-18)25-17-11-19(29-2)23(31-4)20(12-17)30-3/h6,8-14H,5,7H2,1-4H3,(H,25,27)(H,26,28). The van der Waals surface area contributed by atoms with E-state index in [1.54, 1.807) is 45.9 Å². The number of aromatic nitrogens is 2. The normalized spacial score (nSPS) is 10.3. The largest absolute Gasteiger partial charge is 0.493 e. The molecule has 0 aliphatic heterocycles. The molecule has 0 atom stereocenters. The van der Waals surface area contributed by atoms with Gasteiger partial charge < -0.3 is 24.8 Å². The quantitative estimate of drug-likeness (QED) is 0.518. The number of nitrogens with zero attached hydrogens (tertiary/aromatic N) is 2. The van der Waals surface area contributed by atoms with Crippen LogP contribution in [0.3, 0.4) is 0 Å². The highest BCUT2D eigenvalue weighted by Crippen LogP contribution is 2.40. The Morgan fingerprint density at radius 1 is 0.968 bits per heavy atom. The van der Waals surface area contributed by atoms with Crippen LogP contribution >= 0.6 is 0 Å². The second-order valence-corrected chi connectivity index (χ2v) is 6.71. The molecule has 1 heterocycles. The van der Waals surface area contributed by atoms with Crippen molar-refractivity contribution in [3.8, 4) is 28.5 Å². The molecule has 31 heavy (non-hydrogen) atoms. The first-order valence-corrected chi connectivity index (χ1v) is 9.87. The number of carbonyl (C=O) groups excluding carboxylic acids is 1. The Morgan fingerprint density at radius 3 is 2.35 bits per heavy atom. The summed E-state index contributed by atoms with van der Waals surface area (Å²) in [4.78, 5) is 20.8. The number of ether oxygens (including phenoxy) is 3. The van der Waals surface area contributed by atoms with Crippen LogP contribution in [0, 0.1) is 0 Å². The Labute approximate surface area is 181 Å². The summed E-state index contributed by atoms with van der Waals surface area (Å²) in [5, 5.41) is 6.12. The smallest absolute Gasteiger partial charge is 0.224 e. The maximum atomic E-state index is 11.9. The van der Waals surface area contributed by atoms with E-state index in [-0.39, 0.29) is 5.91 Å². The highest BCUT2D eigenvalue weighted by molar-refractivity contribution is 5.91. The Bertz CT molecular complexity index is 1030. The summed E-state index contributed by atoms with van der Waals surface area (Å²) >= 11 is 0. The molecular formula is C23H26N4O4. The van der Waals surface area contributed by atoms with Crippen molar-refractivity contribution in [1.29, 1.82) is 0 Å². The molecule has 3 aromatic rings. The molecule has 2 N–H and O–H groups in total. The van der Waals surface area contributed by atoms with Crippen LogP contribution in [0.25, 0.3) is 11.3 Å². The van der Waals surface area contributed by atoms with Crippen molar-refractivity contribution in [1.82, 2.24) is 9.97 Å².